The molecule has 15 heteroatoms. The predicted octanol–water partition coefficient (Wildman–Crippen LogP) is 5.37. The van der Waals surface area contributed by atoms with Crippen molar-refractivity contribution < 1.29 is 50.2 Å². The van der Waals surface area contributed by atoms with E-state index < -0.39 is 62.9 Å². The van der Waals surface area contributed by atoms with Gasteiger partial charge in [-0.1, -0.05) is 24.6 Å². The van der Waals surface area contributed by atoms with E-state index in [1.807, 2.05) is 0 Å². The van der Waals surface area contributed by atoms with Crippen molar-refractivity contribution in [2.45, 2.75) is 36.3 Å². The molecule has 0 bridgehead atoms. The maximum atomic E-state index is 14.4. The first-order chi connectivity index (χ1) is 22.7. The molecule has 2 aliphatic rings. The van der Waals surface area contributed by atoms with Crippen LogP contribution < -0.4 is 9.62 Å². The topological polar surface area (TPSA) is 133 Å². The highest BCUT2D eigenvalue weighted by Crippen LogP contribution is 2.43. The summed E-state index contributed by atoms with van der Waals surface area (Å²) in [5, 5.41) is 12.4. The Morgan fingerprint density at radius 3 is 2.29 bits per heavy atom. The number of ether oxygens (including phenoxy) is 1. The molecule has 5 rings (SSSR count). The van der Waals surface area contributed by atoms with Crippen LogP contribution in [0.15, 0.2) is 71.6 Å². The number of hydrogen-bond donors (Lipinski definition) is 2. The summed E-state index contributed by atoms with van der Waals surface area (Å²) in [6.45, 7) is 1.59. The van der Waals surface area contributed by atoms with Crippen molar-refractivity contribution in [3.05, 3.63) is 89.2 Å². The molecule has 2 amide bonds. The van der Waals surface area contributed by atoms with E-state index in [9.17, 15) is 45.5 Å². The first kappa shape index (κ1) is 34.8. The van der Waals surface area contributed by atoms with Gasteiger partial charge in [0.1, 0.15) is 5.82 Å². The van der Waals surface area contributed by atoms with E-state index in [0.29, 0.717) is 50.8 Å². The molecular weight excluding hydrogens is 658 g/mol. The van der Waals surface area contributed by atoms with Gasteiger partial charge in [-0.3, -0.25) is 18.7 Å². The number of nitrogens with one attached hydrogen (secondary N) is 1. The first-order valence-electron chi connectivity index (χ1n) is 15.1. The van der Waals surface area contributed by atoms with Gasteiger partial charge >= 0.3 is 12.1 Å². The molecule has 0 unspecified atom stereocenters. The van der Waals surface area contributed by atoms with Gasteiger partial charge in [0.05, 0.1) is 46.9 Å². The number of benzene rings is 3. The molecule has 0 spiro atoms. The van der Waals surface area contributed by atoms with E-state index in [4.69, 9.17) is 4.74 Å². The number of carbonyl (C=O) groups is 3. The summed E-state index contributed by atoms with van der Waals surface area (Å²) < 4.78 is 86.7. The largest absolute Gasteiger partial charge is 0.481 e. The third-order valence-corrected chi connectivity index (χ3v) is 10.6. The zero-order valence-electron chi connectivity index (χ0n) is 25.7. The molecule has 10 nitrogen and oxygen atoms in total. The van der Waals surface area contributed by atoms with Gasteiger partial charge in [-0.05, 0) is 72.9 Å². The van der Waals surface area contributed by atoms with Crippen LogP contribution in [0.3, 0.4) is 0 Å². The number of anilines is 2. The summed E-state index contributed by atoms with van der Waals surface area (Å²) in [7, 11) is -2.76. The van der Waals surface area contributed by atoms with Crippen LogP contribution in [0.4, 0.5) is 28.9 Å². The Kier molecular flexibility index (Phi) is 10.1. The van der Waals surface area contributed by atoms with E-state index in [2.05, 4.69) is 5.32 Å². The van der Waals surface area contributed by atoms with Gasteiger partial charge in [0, 0.05) is 25.7 Å². The number of carboxylic acids is 1. The fraction of sp³-hybridized carbons (Fsp3) is 0.364. The third-order valence-electron chi connectivity index (χ3n) is 8.80. The second-order valence-electron chi connectivity index (χ2n) is 11.7. The molecule has 2 N–H and O–H groups in total. The summed E-state index contributed by atoms with van der Waals surface area (Å²) >= 11 is 0. The summed E-state index contributed by atoms with van der Waals surface area (Å²) in [6, 6.07) is 13.6. The van der Waals surface area contributed by atoms with Gasteiger partial charge in [-0.25, -0.2) is 12.8 Å². The SMILES string of the molecule is CN(c1ccc([C@H]2CCC[C@@H](C(=O)Nc3ccc(C(F)(F)F)cc3F)[C@@H]2C(=O)O)cc1)S(=O)(=O)c1cccc(C(=O)N2CCOCC2)c1. The monoisotopic (exact) mass is 691 g/mol. The maximum absolute atomic E-state index is 14.4. The van der Waals surface area contributed by atoms with Crippen molar-refractivity contribution in [3.63, 3.8) is 0 Å². The van der Waals surface area contributed by atoms with Crippen LogP contribution in [0.25, 0.3) is 0 Å². The number of alkyl halides is 3. The standard InChI is InChI=1S/C33H33F4N3O7S/c1-39(48(45,46)24-5-2-4-21(18-24)31(42)40-14-16-47-17-15-40)23-11-8-20(9-12-23)25-6-3-7-26(29(25)32(43)44)30(41)38-28-13-10-22(19-27(28)34)33(35,36)37/h2,4-5,8-13,18-19,25-26,29H,3,6-7,14-17H2,1H3,(H,38,41)(H,43,44)/t25-,26-,29-/m1/s1. The van der Waals surface area contributed by atoms with Crippen LogP contribution in [-0.4, -0.2) is 69.6 Å². The first-order valence-corrected chi connectivity index (χ1v) is 16.6. The highest BCUT2D eigenvalue weighted by atomic mass is 32.2. The van der Waals surface area contributed by atoms with Crippen LogP contribution in [0.1, 0.15) is 46.7 Å². The van der Waals surface area contributed by atoms with E-state index in [0.717, 1.165) is 10.4 Å². The molecule has 1 aliphatic heterocycles. The Balaban J connectivity index is 1.32. The normalized spacial score (nSPS) is 20.2. The Hall–Kier alpha value is -4.50. The Bertz CT molecular complexity index is 1800. The zero-order valence-corrected chi connectivity index (χ0v) is 26.6. The number of morpholine rings is 1. The van der Waals surface area contributed by atoms with E-state index >= 15 is 0 Å². The lowest BCUT2D eigenvalue weighted by Gasteiger charge is -2.35. The minimum Gasteiger partial charge on any atom is -0.481 e. The smallest absolute Gasteiger partial charge is 0.416 e. The van der Waals surface area contributed by atoms with Gasteiger partial charge in [0.15, 0.2) is 0 Å². The molecule has 1 aliphatic carbocycles. The number of nitrogens with zero attached hydrogens (tertiary/aromatic N) is 2. The highest BCUT2D eigenvalue weighted by Gasteiger charge is 2.43. The van der Waals surface area contributed by atoms with Crippen molar-refractivity contribution in [1.82, 2.24) is 4.90 Å². The van der Waals surface area contributed by atoms with Gasteiger partial charge in [-0.15, -0.1) is 0 Å². The van der Waals surface area contributed by atoms with Crippen LogP contribution in [0.2, 0.25) is 0 Å². The molecule has 2 fully saturated rings. The van der Waals surface area contributed by atoms with Crippen molar-refractivity contribution >= 4 is 39.2 Å². The van der Waals surface area contributed by atoms with Crippen LogP contribution in [0, 0.1) is 17.7 Å². The molecule has 256 valence electrons. The predicted molar refractivity (Wildman–Crippen MR) is 166 cm³/mol. The zero-order chi connectivity index (χ0) is 34.8. The van der Waals surface area contributed by atoms with E-state index in [1.54, 1.807) is 23.1 Å². The van der Waals surface area contributed by atoms with Crippen molar-refractivity contribution in [2.75, 3.05) is 43.0 Å². The molecule has 3 aromatic rings. The fourth-order valence-corrected chi connectivity index (χ4v) is 7.44. The maximum Gasteiger partial charge on any atom is 0.416 e. The second kappa shape index (κ2) is 13.9. The summed E-state index contributed by atoms with van der Waals surface area (Å²) in [5.41, 5.74) is -0.706. The minimum absolute atomic E-state index is 0.0928. The highest BCUT2D eigenvalue weighted by molar-refractivity contribution is 7.92. The summed E-state index contributed by atoms with van der Waals surface area (Å²) in [4.78, 5) is 40.1. The van der Waals surface area contributed by atoms with Crippen molar-refractivity contribution in [3.8, 4) is 0 Å². The molecule has 3 atom stereocenters. The number of carboxylic acid groups (broad SMARTS) is 1. The average molecular weight is 692 g/mol. The Morgan fingerprint density at radius 2 is 1.67 bits per heavy atom. The molecule has 1 heterocycles. The Labute approximate surface area is 274 Å². The second-order valence-corrected chi connectivity index (χ2v) is 13.7. The fourth-order valence-electron chi connectivity index (χ4n) is 6.19. The molecule has 0 aromatic heterocycles. The summed E-state index contributed by atoms with van der Waals surface area (Å²) in [5.74, 6) is -6.73. The lowest BCUT2D eigenvalue weighted by molar-refractivity contribution is -0.148. The van der Waals surface area contributed by atoms with Crippen molar-refractivity contribution in [2.24, 2.45) is 11.8 Å². The van der Waals surface area contributed by atoms with Gasteiger partial charge in [0.2, 0.25) is 5.91 Å². The third kappa shape index (κ3) is 7.31. The minimum atomic E-state index is -4.78. The number of amides is 2. The lowest BCUT2D eigenvalue weighted by atomic mass is 9.69. The van der Waals surface area contributed by atoms with E-state index in [1.165, 1.54) is 37.4 Å². The number of sulfonamides is 1. The lowest BCUT2D eigenvalue weighted by Crippen LogP contribution is -2.40. The Morgan fingerprint density at radius 1 is 0.979 bits per heavy atom. The number of halogens is 4. The van der Waals surface area contributed by atoms with Gasteiger partial charge < -0.3 is 20.1 Å². The number of aliphatic carboxylic acids is 1. The molecule has 1 saturated carbocycles. The molecule has 3 aromatic carbocycles. The molecule has 48 heavy (non-hydrogen) atoms. The van der Waals surface area contributed by atoms with Crippen molar-refractivity contribution in [1.29, 1.82) is 0 Å². The number of hydrogen-bond acceptors (Lipinski definition) is 6. The average Bonchev–Trinajstić information content (AvgIpc) is 3.08. The molecule has 1 saturated heterocycles. The van der Waals surface area contributed by atoms with Crippen LogP contribution in [-0.2, 0) is 30.5 Å². The van der Waals surface area contributed by atoms with Crippen LogP contribution >= 0.6 is 0 Å². The molecule has 0 radical (unpaired) electrons. The van der Waals surface area contributed by atoms with Crippen LogP contribution in [0.5, 0.6) is 0 Å². The summed E-state index contributed by atoms with van der Waals surface area (Å²) in [6.07, 6.45) is -3.78. The van der Waals surface area contributed by atoms with Gasteiger partial charge in [0.25, 0.3) is 15.9 Å². The van der Waals surface area contributed by atoms with E-state index in [-0.39, 0.29) is 34.5 Å². The quantitative estimate of drug-likeness (QED) is 0.304. The molecular formula is C33H33F4N3O7S. The number of carbonyl (C=O) groups excluding carboxylic acids is 2. The van der Waals surface area contributed by atoms with Gasteiger partial charge in [-0.2, -0.15) is 13.2 Å². The number of rotatable bonds is 8.